The van der Waals surface area contributed by atoms with Gasteiger partial charge in [-0.2, -0.15) is 0 Å². The number of carbonyl (C=O) groups is 1. The van der Waals surface area contributed by atoms with E-state index in [4.69, 9.17) is 14.6 Å². The lowest BCUT2D eigenvalue weighted by Gasteiger charge is -2.35. The minimum atomic E-state index is 0.0695. The van der Waals surface area contributed by atoms with Gasteiger partial charge in [0.25, 0.3) is 0 Å². The van der Waals surface area contributed by atoms with Gasteiger partial charge in [-0.1, -0.05) is 0 Å². The molecule has 1 aliphatic heterocycles. The van der Waals surface area contributed by atoms with Crippen LogP contribution >= 0.6 is 0 Å². The van der Waals surface area contributed by atoms with Crippen LogP contribution in [0.4, 0.5) is 5.69 Å². The van der Waals surface area contributed by atoms with Gasteiger partial charge in [-0.15, -0.1) is 0 Å². The number of carbonyl (C=O) groups excluding carboxylic acids is 1. The number of aliphatic hydroxyl groups excluding tert-OH is 1. The van der Waals surface area contributed by atoms with Crippen LogP contribution in [0.2, 0.25) is 0 Å². The summed E-state index contributed by atoms with van der Waals surface area (Å²) in [6.45, 7) is 3.07. The van der Waals surface area contributed by atoms with E-state index in [9.17, 15) is 4.79 Å². The van der Waals surface area contributed by atoms with E-state index in [1.807, 2.05) is 30.0 Å². The molecule has 0 aromatic heterocycles. The number of hydrogen-bond donors (Lipinski definition) is 1. The smallest absolute Gasteiger partial charge is 0.231 e. The molecule has 126 valence electrons. The van der Waals surface area contributed by atoms with Crippen molar-refractivity contribution in [2.24, 2.45) is 0 Å². The molecule has 2 aliphatic rings. The van der Waals surface area contributed by atoms with Crippen molar-refractivity contribution in [3.8, 4) is 5.75 Å². The Bertz CT molecular complexity index is 552. The molecular weight excluding hydrogens is 294 g/mol. The van der Waals surface area contributed by atoms with Crippen LogP contribution in [-0.2, 0) is 16.0 Å². The highest BCUT2D eigenvalue weighted by atomic mass is 16.5. The van der Waals surface area contributed by atoms with Crippen molar-refractivity contribution in [3.63, 3.8) is 0 Å². The average molecular weight is 319 g/mol. The summed E-state index contributed by atoms with van der Waals surface area (Å²) in [6, 6.07) is 6.21. The Morgan fingerprint density at radius 2 is 2.04 bits per heavy atom. The third-order valence-corrected chi connectivity index (χ3v) is 4.69. The molecule has 5 heteroatoms. The van der Waals surface area contributed by atoms with Crippen molar-refractivity contribution < 1.29 is 19.4 Å². The minimum absolute atomic E-state index is 0.0695. The topological polar surface area (TPSA) is 59.0 Å². The number of fused-ring (bicyclic) bond motifs is 1. The van der Waals surface area contributed by atoms with E-state index in [2.05, 4.69) is 0 Å². The van der Waals surface area contributed by atoms with E-state index in [-0.39, 0.29) is 24.7 Å². The van der Waals surface area contributed by atoms with E-state index >= 15 is 0 Å². The fourth-order valence-electron chi connectivity index (χ4n) is 3.67. The molecule has 1 fully saturated rings. The summed E-state index contributed by atoms with van der Waals surface area (Å²) in [5.41, 5.74) is 2.11. The number of ether oxygens (including phenoxy) is 2. The number of benzene rings is 1. The zero-order valence-electron chi connectivity index (χ0n) is 13.7. The molecule has 0 saturated heterocycles. The van der Waals surface area contributed by atoms with Gasteiger partial charge in [-0.25, -0.2) is 0 Å². The Morgan fingerprint density at radius 3 is 2.74 bits per heavy atom. The summed E-state index contributed by atoms with van der Waals surface area (Å²) in [6.07, 6.45) is 4.48. The Balaban J connectivity index is 1.67. The molecular formula is C18H25NO4. The molecule has 0 spiro atoms. The third kappa shape index (κ3) is 3.51. The van der Waals surface area contributed by atoms with Crippen molar-refractivity contribution in [2.45, 2.75) is 51.2 Å². The van der Waals surface area contributed by atoms with E-state index in [1.54, 1.807) is 0 Å². The standard InChI is InChI=1S/C18H25NO4/c1-2-22-16-7-8-17-13(11-16)12-18(21)19(17)14-3-5-15(6-4-14)23-10-9-20/h7-8,11,14-15,20H,2-6,9-10,12H2,1H3. The molecule has 1 amide bonds. The van der Waals surface area contributed by atoms with Gasteiger partial charge in [0.2, 0.25) is 5.91 Å². The monoisotopic (exact) mass is 319 g/mol. The van der Waals surface area contributed by atoms with Crippen molar-refractivity contribution >= 4 is 11.6 Å². The lowest BCUT2D eigenvalue weighted by Crippen LogP contribution is -2.41. The maximum absolute atomic E-state index is 12.5. The average Bonchev–Trinajstić information content (AvgIpc) is 2.89. The van der Waals surface area contributed by atoms with Gasteiger partial charge in [0.05, 0.1) is 32.3 Å². The second kappa shape index (κ2) is 7.32. The number of anilines is 1. The molecule has 0 atom stereocenters. The second-order valence-electron chi connectivity index (χ2n) is 6.19. The van der Waals surface area contributed by atoms with Crippen LogP contribution in [0, 0.1) is 0 Å². The molecule has 1 aromatic rings. The van der Waals surface area contributed by atoms with Crippen molar-refractivity contribution in [1.29, 1.82) is 0 Å². The summed E-state index contributed by atoms with van der Waals surface area (Å²) in [4.78, 5) is 14.5. The van der Waals surface area contributed by atoms with Gasteiger partial charge in [0.1, 0.15) is 5.75 Å². The zero-order chi connectivity index (χ0) is 16.2. The Morgan fingerprint density at radius 1 is 1.26 bits per heavy atom. The van der Waals surface area contributed by atoms with Gasteiger partial charge < -0.3 is 19.5 Å². The quantitative estimate of drug-likeness (QED) is 0.874. The Hall–Kier alpha value is -1.59. The summed E-state index contributed by atoms with van der Waals surface area (Å²) in [5, 5.41) is 8.84. The summed E-state index contributed by atoms with van der Waals surface area (Å²) >= 11 is 0. The van der Waals surface area contributed by atoms with Crippen LogP contribution in [0.5, 0.6) is 5.75 Å². The van der Waals surface area contributed by atoms with E-state index in [1.165, 1.54) is 0 Å². The van der Waals surface area contributed by atoms with E-state index in [0.29, 0.717) is 19.6 Å². The van der Waals surface area contributed by atoms with Crippen LogP contribution in [0.15, 0.2) is 18.2 Å². The van der Waals surface area contributed by atoms with Crippen LogP contribution < -0.4 is 9.64 Å². The van der Waals surface area contributed by atoms with Crippen LogP contribution in [0.25, 0.3) is 0 Å². The first-order valence-electron chi connectivity index (χ1n) is 8.53. The zero-order valence-corrected chi connectivity index (χ0v) is 13.7. The van der Waals surface area contributed by atoms with Crippen LogP contribution in [0.1, 0.15) is 38.2 Å². The van der Waals surface area contributed by atoms with E-state index < -0.39 is 0 Å². The number of rotatable bonds is 6. The lowest BCUT2D eigenvalue weighted by molar-refractivity contribution is -0.118. The van der Waals surface area contributed by atoms with Gasteiger partial charge >= 0.3 is 0 Å². The third-order valence-electron chi connectivity index (χ3n) is 4.69. The molecule has 3 rings (SSSR count). The molecule has 1 N–H and O–H groups in total. The highest BCUT2D eigenvalue weighted by molar-refractivity contribution is 6.02. The number of aliphatic hydroxyl groups is 1. The molecule has 0 radical (unpaired) electrons. The summed E-state index contributed by atoms with van der Waals surface area (Å²) in [5.74, 6) is 1.02. The Labute approximate surface area is 137 Å². The second-order valence-corrected chi connectivity index (χ2v) is 6.19. The first kappa shape index (κ1) is 16.3. The first-order chi connectivity index (χ1) is 11.2. The molecule has 0 unspecified atom stereocenters. The molecule has 1 aliphatic carbocycles. The predicted octanol–water partition coefficient (Wildman–Crippen LogP) is 2.29. The maximum atomic E-state index is 12.5. The predicted molar refractivity (Wildman–Crippen MR) is 87.9 cm³/mol. The number of nitrogens with zero attached hydrogens (tertiary/aromatic N) is 1. The van der Waals surface area contributed by atoms with Crippen LogP contribution in [-0.4, -0.2) is 43.0 Å². The van der Waals surface area contributed by atoms with Crippen LogP contribution in [0.3, 0.4) is 0 Å². The molecule has 0 bridgehead atoms. The summed E-state index contributed by atoms with van der Waals surface area (Å²) < 4.78 is 11.1. The highest BCUT2D eigenvalue weighted by Crippen LogP contribution is 2.37. The largest absolute Gasteiger partial charge is 0.494 e. The highest BCUT2D eigenvalue weighted by Gasteiger charge is 2.35. The normalized spacial score (nSPS) is 23.9. The van der Waals surface area contributed by atoms with Gasteiger partial charge in [0.15, 0.2) is 0 Å². The maximum Gasteiger partial charge on any atom is 0.231 e. The summed E-state index contributed by atoms with van der Waals surface area (Å²) in [7, 11) is 0. The molecule has 1 saturated carbocycles. The van der Waals surface area contributed by atoms with Crippen molar-refractivity contribution in [1.82, 2.24) is 0 Å². The molecule has 23 heavy (non-hydrogen) atoms. The SMILES string of the molecule is CCOc1ccc2c(c1)CC(=O)N2C1CCC(OCCO)CC1. The first-order valence-corrected chi connectivity index (χ1v) is 8.53. The molecule has 1 heterocycles. The van der Waals surface area contributed by atoms with Crippen molar-refractivity contribution in [2.75, 3.05) is 24.7 Å². The Kier molecular flexibility index (Phi) is 5.18. The van der Waals surface area contributed by atoms with Crippen molar-refractivity contribution in [3.05, 3.63) is 23.8 Å². The fraction of sp³-hybridized carbons (Fsp3) is 0.611. The number of amides is 1. The van der Waals surface area contributed by atoms with Gasteiger partial charge in [-0.3, -0.25) is 4.79 Å². The minimum Gasteiger partial charge on any atom is -0.494 e. The number of hydrogen-bond acceptors (Lipinski definition) is 4. The van der Waals surface area contributed by atoms with E-state index in [0.717, 1.165) is 42.7 Å². The lowest BCUT2D eigenvalue weighted by atomic mass is 9.91. The van der Waals surface area contributed by atoms with Gasteiger partial charge in [0, 0.05) is 11.7 Å². The fourth-order valence-corrected chi connectivity index (χ4v) is 3.67. The molecule has 5 nitrogen and oxygen atoms in total. The van der Waals surface area contributed by atoms with Gasteiger partial charge in [-0.05, 0) is 56.4 Å². The molecule has 1 aromatic carbocycles.